The van der Waals surface area contributed by atoms with Crippen molar-refractivity contribution in [1.82, 2.24) is 14.6 Å². The largest absolute Gasteiger partial charge is 1.00 e. The molecule has 0 atom stereocenters. The summed E-state index contributed by atoms with van der Waals surface area (Å²) in [4.78, 5) is 10.4. The molecule has 0 N–H and O–H groups in total. The maximum absolute atomic E-state index is 10.4. The number of carbonyl (C=O) groups is 1. The number of carboxylic acid groups (broad SMARTS) is 1. The Labute approximate surface area is 95.7 Å². The smallest absolute Gasteiger partial charge is 0.541 e. The Kier molecular flexibility index (Phi) is 3.02. The van der Waals surface area contributed by atoms with E-state index in [0.717, 1.165) is 0 Å². The molecule has 2 aromatic heterocycles. The van der Waals surface area contributed by atoms with Crippen LogP contribution in [0.1, 0.15) is 10.6 Å². The van der Waals surface area contributed by atoms with E-state index in [2.05, 4.69) is 10.2 Å². The van der Waals surface area contributed by atoms with E-state index in [1.165, 1.54) is 4.40 Å². The average molecular weight is 185 g/mol. The van der Waals surface area contributed by atoms with Gasteiger partial charge >= 0.3 is 29.6 Å². The molecular weight excluding hydrogens is 181 g/mol. The number of fused-ring (bicyclic) bond motifs is 1. The number of aromatic carboxylic acids is 1. The normalized spacial score (nSPS) is 9.54. The van der Waals surface area contributed by atoms with E-state index >= 15 is 0 Å². The van der Waals surface area contributed by atoms with Crippen LogP contribution in [0, 0.1) is 0 Å². The zero-order chi connectivity index (χ0) is 8.55. The van der Waals surface area contributed by atoms with E-state index in [-0.39, 0.29) is 35.4 Å². The van der Waals surface area contributed by atoms with Crippen LogP contribution in [0.4, 0.5) is 0 Å². The molecule has 6 heteroatoms. The molecule has 0 fully saturated rings. The topological polar surface area (TPSA) is 70.3 Å². The fraction of sp³-hybridized carbons (Fsp3) is 0. The van der Waals surface area contributed by atoms with Gasteiger partial charge in [0.25, 0.3) is 0 Å². The van der Waals surface area contributed by atoms with Gasteiger partial charge in [-0.25, -0.2) is 0 Å². The SMILES string of the molecule is O=C([O-])c1nnc2ccccn12.[Na+]. The van der Waals surface area contributed by atoms with Crippen LogP contribution in [0.2, 0.25) is 0 Å². The van der Waals surface area contributed by atoms with Gasteiger partial charge in [0.1, 0.15) is 5.97 Å². The van der Waals surface area contributed by atoms with Crippen molar-refractivity contribution >= 4 is 11.6 Å². The summed E-state index contributed by atoms with van der Waals surface area (Å²) in [6.45, 7) is 0. The van der Waals surface area contributed by atoms with Crippen molar-refractivity contribution in [3.05, 3.63) is 30.2 Å². The van der Waals surface area contributed by atoms with Gasteiger partial charge in [-0.3, -0.25) is 4.40 Å². The fourth-order valence-corrected chi connectivity index (χ4v) is 0.981. The van der Waals surface area contributed by atoms with Gasteiger partial charge in [-0.15, -0.1) is 10.2 Å². The van der Waals surface area contributed by atoms with Crippen LogP contribution < -0.4 is 34.7 Å². The van der Waals surface area contributed by atoms with Gasteiger partial charge in [-0.1, -0.05) is 6.07 Å². The molecule has 60 valence electrons. The molecule has 0 aromatic carbocycles. The molecule has 0 bridgehead atoms. The second-order valence-electron chi connectivity index (χ2n) is 2.24. The van der Waals surface area contributed by atoms with E-state index in [1.54, 1.807) is 24.4 Å². The first-order valence-corrected chi connectivity index (χ1v) is 3.30. The quantitative estimate of drug-likeness (QED) is 0.426. The minimum absolute atomic E-state index is 0. The van der Waals surface area contributed by atoms with Crippen LogP contribution in [0.25, 0.3) is 5.65 Å². The van der Waals surface area contributed by atoms with Crippen molar-refractivity contribution in [2.24, 2.45) is 0 Å². The van der Waals surface area contributed by atoms with Crippen LogP contribution >= 0.6 is 0 Å². The van der Waals surface area contributed by atoms with Gasteiger partial charge in [-0.05, 0) is 12.1 Å². The van der Waals surface area contributed by atoms with Gasteiger partial charge < -0.3 is 9.90 Å². The number of hydrogen-bond donors (Lipinski definition) is 0. The molecule has 0 unspecified atom stereocenters. The minimum Gasteiger partial charge on any atom is -0.541 e. The van der Waals surface area contributed by atoms with Crippen LogP contribution in [0.5, 0.6) is 0 Å². The maximum atomic E-state index is 10.4. The summed E-state index contributed by atoms with van der Waals surface area (Å²) in [5.74, 6) is -1.50. The summed E-state index contributed by atoms with van der Waals surface area (Å²) < 4.78 is 1.36. The maximum Gasteiger partial charge on any atom is 1.00 e. The Hall–Kier alpha value is -0.910. The third-order valence-electron chi connectivity index (χ3n) is 1.50. The van der Waals surface area contributed by atoms with Crippen molar-refractivity contribution in [2.45, 2.75) is 0 Å². The summed E-state index contributed by atoms with van der Waals surface area (Å²) in [6, 6.07) is 5.12. The summed E-state index contributed by atoms with van der Waals surface area (Å²) in [5, 5.41) is 17.5. The summed E-state index contributed by atoms with van der Waals surface area (Å²) in [6.07, 6.45) is 1.57. The van der Waals surface area contributed by atoms with Crippen LogP contribution in [0.15, 0.2) is 24.4 Å². The Balaban J connectivity index is 0.000000845. The molecule has 0 saturated heterocycles. The number of aromatic nitrogens is 3. The Morgan fingerprint density at radius 2 is 2.15 bits per heavy atom. The van der Waals surface area contributed by atoms with Gasteiger partial charge in [0.15, 0.2) is 11.5 Å². The van der Waals surface area contributed by atoms with E-state index < -0.39 is 5.97 Å². The number of hydrogen-bond acceptors (Lipinski definition) is 4. The second-order valence-corrected chi connectivity index (χ2v) is 2.24. The minimum atomic E-state index is -1.33. The van der Waals surface area contributed by atoms with E-state index in [1.807, 2.05) is 0 Å². The second kappa shape index (κ2) is 3.87. The van der Waals surface area contributed by atoms with Gasteiger partial charge in [0.05, 0.1) is 0 Å². The van der Waals surface area contributed by atoms with E-state index in [4.69, 9.17) is 0 Å². The number of pyridine rings is 1. The first kappa shape index (κ1) is 10.2. The van der Waals surface area contributed by atoms with Crippen LogP contribution in [0.3, 0.4) is 0 Å². The summed E-state index contributed by atoms with van der Waals surface area (Å²) in [7, 11) is 0. The molecule has 2 heterocycles. The molecule has 0 spiro atoms. The third-order valence-corrected chi connectivity index (χ3v) is 1.50. The van der Waals surface area contributed by atoms with Crippen LogP contribution in [-0.2, 0) is 0 Å². The van der Waals surface area contributed by atoms with Gasteiger partial charge in [0, 0.05) is 6.20 Å². The van der Waals surface area contributed by atoms with E-state index in [0.29, 0.717) is 5.65 Å². The molecule has 2 aromatic rings. The third kappa shape index (κ3) is 1.72. The van der Waals surface area contributed by atoms with Crippen molar-refractivity contribution in [2.75, 3.05) is 0 Å². The number of rotatable bonds is 1. The summed E-state index contributed by atoms with van der Waals surface area (Å²) >= 11 is 0. The molecule has 2 rings (SSSR count). The zero-order valence-corrected chi connectivity index (χ0v) is 8.97. The zero-order valence-electron chi connectivity index (χ0n) is 6.97. The predicted molar refractivity (Wildman–Crippen MR) is 37.3 cm³/mol. The number of nitrogens with zero attached hydrogens (tertiary/aromatic N) is 3. The number of carbonyl (C=O) groups excluding carboxylic acids is 1. The fourth-order valence-electron chi connectivity index (χ4n) is 0.981. The molecule has 0 saturated carbocycles. The van der Waals surface area contributed by atoms with Gasteiger partial charge in [0.2, 0.25) is 0 Å². The Bertz CT molecular complexity index is 440. The van der Waals surface area contributed by atoms with Crippen molar-refractivity contribution in [1.29, 1.82) is 0 Å². The monoisotopic (exact) mass is 185 g/mol. The Morgan fingerprint density at radius 1 is 1.38 bits per heavy atom. The average Bonchev–Trinajstić information content (AvgIpc) is 2.47. The Morgan fingerprint density at radius 3 is 2.85 bits per heavy atom. The van der Waals surface area contributed by atoms with Gasteiger partial charge in [-0.2, -0.15) is 0 Å². The standard InChI is InChI=1S/C7H5N3O2.Na/c11-7(12)6-9-8-5-3-1-2-4-10(5)6;/h1-4H,(H,11,12);/q;+1/p-1. The number of carboxylic acids is 1. The predicted octanol–water partition coefficient (Wildman–Crippen LogP) is -3.90. The first-order valence-electron chi connectivity index (χ1n) is 3.30. The van der Waals surface area contributed by atoms with Crippen molar-refractivity contribution < 1.29 is 39.5 Å². The first-order chi connectivity index (χ1) is 5.79. The molecular formula is C7H4N3NaO2. The molecule has 0 radical (unpaired) electrons. The molecule has 13 heavy (non-hydrogen) atoms. The van der Waals surface area contributed by atoms with Crippen LogP contribution in [-0.4, -0.2) is 20.6 Å². The molecule has 5 nitrogen and oxygen atoms in total. The molecule has 0 aliphatic rings. The molecule has 0 amide bonds. The molecule has 0 aliphatic carbocycles. The van der Waals surface area contributed by atoms with Crippen molar-refractivity contribution in [3.63, 3.8) is 0 Å². The van der Waals surface area contributed by atoms with E-state index in [9.17, 15) is 9.90 Å². The van der Waals surface area contributed by atoms with Crippen molar-refractivity contribution in [3.8, 4) is 0 Å². The molecule has 0 aliphatic heterocycles. The summed E-state index contributed by atoms with van der Waals surface area (Å²) in [5.41, 5.74) is 0.497.